The minimum atomic E-state index is 0.258. The van der Waals surface area contributed by atoms with E-state index in [1.165, 1.54) is 21.6 Å². The van der Waals surface area contributed by atoms with Crippen molar-refractivity contribution in [3.8, 4) is 0 Å². The maximum absolute atomic E-state index is 3.43. The summed E-state index contributed by atoms with van der Waals surface area (Å²) in [6, 6.07) is 18.1. The standard InChI is InChI=1S/C19H25NS/c1-14(2)13-15-5-7-16(8-6-15)19(20-3)17-9-11-18(21-4)12-10-17/h5-12,14,19-20H,13H2,1-4H3. The molecule has 0 aliphatic heterocycles. The molecule has 0 amide bonds. The molecule has 112 valence electrons. The van der Waals surface area contributed by atoms with Crippen molar-refractivity contribution in [2.45, 2.75) is 31.2 Å². The van der Waals surface area contributed by atoms with Gasteiger partial charge in [0.1, 0.15) is 0 Å². The zero-order chi connectivity index (χ0) is 15.2. The average molecular weight is 299 g/mol. The third-order valence-electron chi connectivity index (χ3n) is 3.69. The van der Waals surface area contributed by atoms with Crippen LogP contribution in [0.25, 0.3) is 0 Å². The zero-order valence-corrected chi connectivity index (χ0v) is 14.2. The largest absolute Gasteiger partial charge is 0.309 e. The van der Waals surface area contributed by atoms with E-state index in [1.54, 1.807) is 11.8 Å². The Morgan fingerprint density at radius 1 is 0.905 bits per heavy atom. The van der Waals surface area contributed by atoms with E-state index in [4.69, 9.17) is 0 Å². The molecule has 0 saturated carbocycles. The highest BCUT2D eigenvalue weighted by molar-refractivity contribution is 7.98. The summed E-state index contributed by atoms with van der Waals surface area (Å²) in [7, 11) is 2.02. The first-order valence-corrected chi connectivity index (χ1v) is 8.76. The lowest BCUT2D eigenvalue weighted by molar-refractivity contribution is 0.645. The van der Waals surface area contributed by atoms with Crippen LogP contribution in [0, 0.1) is 5.92 Å². The van der Waals surface area contributed by atoms with Gasteiger partial charge in [-0.2, -0.15) is 0 Å². The Bertz CT molecular complexity index is 543. The molecule has 0 aliphatic rings. The maximum Gasteiger partial charge on any atom is 0.0574 e. The minimum Gasteiger partial charge on any atom is -0.309 e. The zero-order valence-electron chi connectivity index (χ0n) is 13.4. The fourth-order valence-corrected chi connectivity index (χ4v) is 3.05. The predicted octanol–water partition coefficient (Wildman–Crippen LogP) is 4.92. The van der Waals surface area contributed by atoms with Crippen LogP contribution in [0.15, 0.2) is 53.4 Å². The molecule has 0 saturated heterocycles. The van der Waals surface area contributed by atoms with E-state index in [9.17, 15) is 0 Å². The molecule has 0 radical (unpaired) electrons. The molecule has 0 aromatic heterocycles. The van der Waals surface area contributed by atoms with Crippen molar-refractivity contribution in [3.63, 3.8) is 0 Å². The Labute approximate surface area is 133 Å². The second kappa shape index (κ2) is 7.67. The van der Waals surface area contributed by atoms with Gasteiger partial charge in [-0.3, -0.25) is 0 Å². The van der Waals surface area contributed by atoms with Crippen LogP contribution < -0.4 is 5.32 Å². The summed E-state index contributed by atoms with van der Waals surface area (Å²) >= 11 is 1.78. The first-order valence-electron chi connectivity index (χ1n) is 7.54. The Kier molecular flexibility index (Phi) is 5.89. The number of hydrogen-bond acceptors (Lipinski definition) is 2. The number of thioether (sulfide) groups is 1. The van der Waals surface area contributed by atoms with Crippen molar-refractivity contribution in [1.82, 2.24) is 5.32 Å². The minimum absolute atomic E-state index is 0.258. The highest BCUT2D eigenvalue weighted by Crippen LogP contribution is 2.25. The van der Waals surface area contributed by atoms with Crippen molar-refractivity contribution in [2.75, 3.05) is 13.3 Å². The van der Waals surface area contributed by atoms with Crippen LogP contribution in [0.2, 0.25) is 0 Å². The molecule has 0 spiro atoms. The molecule has 0 fully saturated rings. The topological polar surface area (TPSA) is 12.0 Å². The summed E-state index contributed by atoms with van der Waals surface area (Å²) in [5.41, 5.74) is 4.05. The molecule has 1 atom stereocenters. The molecule has 2 aromatic rings. The van der Waals surface area contributed by atoms with Crippen LogP contribution in [0.1, 0.15) is 36.6 Å². The molecule has 2 aromatic carbocycles. The van der Waals surface area contributed by atoms with Gasteiger partial charge in [0.05, 0.1) is 6.04 Å². The van der Waals surface area contributed by atoms with Gasteiger partial charge in [0.25, 0.3) is 0 Å². The number of rotatable bonds is 6. The van der Waals surface area contributed by atoms with Gasteiger partial charge in [0.15, 0.2) is 0 Å². The number of benzene rings is 2. The van der Waals surface area contributed by atoms with Gasteiger partial charge < -0.3 is 5.32 Å². The molecule has 2 heteroatoms. The summed E-state index contributed by atoms with van der Waals surface area (Å²) in [4.78, 5) is 1.31. The maximum atomic E-state index is 3.43. The highest BCUT2D eigenvalue weighted by Gasteiger charge is 2.11. The third kappa shape index (κ3) is 4.36. The monoisotopic (exact) mass is 299 g/mol. The quantitative estimate of drug-likeness (QED) is 0.760. The van der Waals surface area contributed by atoms with Crippen LogP contribution in [0.4, 0.5) is 0 Å². The van der Waals surface area contributed by atoms with Gasteiger partial charge in [-0.15, -0.1) is 11.8 Å². The van der Waals surface area contributed by atoms with E-state index >= 15 is 0 Å². The first kappa shape index (κ1) is 16.1. The second-order valence-corrected chi connectivity index (χ2v) is 6.71. The molecule has 0 bridgehead atoms. The van der Waals surface area contributed by atoms with Gasteiger partial charge in [0, 0.05) is 4.90 Å². The lowest BCUT2D eigenvalue weighted by Crippen LogP contribution is -2.17. The lowest BCUT2D eigenvalue weighted by atomic mass is 9.96. The summed E-state index contributed by atoms with van der Waals surface area (Å²) in [6.07, 6.45) is 3.25. The predicted molar refractivity (Wildman–Crippen MR) is 94.1 cm³/mol. The van der Waals surface area contributed by atoms with E-state index in [-0.39, 0.29) is 6.04 Å². The summed E-state index contributed by atoms with van der Waals surface area (Å²) < 4.78 is 0. The highest BCUT2D eigenvalue weighted by atomic mass is 32.2. The van der Waals surface area contributed by atoms with E-state index in [1.807, 2.05) is 7.05 Å². The van der Waals surface area contributed by atoms with Crippen molar-refractivity contribution in [3.05, 3.63) is 65.2 Å². The molecule has 0 heterocycles. The third-order valence-corrected chi connectivity index (χ3v) is 4.44. The molecule has 1 nitrogen and oxygen atoms in total. The van der Waals surface area contributed by atoms with Crippen LogP contribution in [0.3, 0.4) is 0 Å². The van der Waals surface area contributed by atoms with E-state index in [2.05, 4.69) is 74.0 Å². The SMILES string of the molecule is CNC(c1ccc(CC(C)C)cc1)c1ccc(SC)cc1. The normalized spacial score (nSPS) is 12.6. The smallest absolute Gasteiger partial charge is 0.0574 e. The van der Waals surface area contributed by atoms with Crippen molar-refractivity contribution < 1.29 is 0 Å². The molecule has 0 aliphatic carbocycles. The van der Waals surface area contributed by atoms with Gasteiger partial charge in [-0.05, 0) is 54.5 Å². The van der Waals surface area contributed by atoms with Crippen LogP contribution in [0.5, 0.6) is 0 Å². The number of nitrogens with one attached hydrogen (secondary N) is 1. The first-order chi connectivity index (χ1) is 10.1. The van der Waals surface area contributed by atoms with Crippen molar-refractivity contribution >= 4 is 11.8 Å². The van der Waals surface area contributed by atoms with E-state index in [0.29, 0.717) is 5.92 Å². The Morgan fingerprint density at radius 3 is 1.86 bits per heavy atom. The Hall–Kier alpha value is -1.25. The van der Waals surface area contributed by atoms with Crippen molar-refractivity contribution in [1.29, 1.82) is 0 Å². The molecular formula is C19H25NS. The van der Waals surface area contributed by atoms with E-state index in [0.717, 1.165) is 6.42 Å². The second-order valence-electron chi connectivity index (χ2n) is 5.83. The van der Waals surface area contributed by atoms with Gasteiger partial charge in [0.2, 0.25) is 0 Å². The lowest BCUT2D eigenvalue weighted by Gasteiger charge is -2.18. The molecule has 2 rings (SSSR count). The fourth-order valence-electron chi connectivity index (χ4n) is 2.64. The average Bonchev–Trinajstić information content (AvgIpc) is 2.50. The molecule has 21 heavy (non-hydrogen) atoms. The number of hydrogen-bond donors (Lipinski definition) is 1. The molecule has 1 N–H and O–H groups in total. The van der Waals surface area contributed by atoms with Crippen LogP contribution >= 0.6 is 11.8 Å². The fraction of sp³-hybridized carbons (Fsp3) is 0.368. The van der Waals surface area contributed by atoms with Gasteiger partial charge in [-0.1, -0.05) is 50.2 Å². The molecular weight excluding hydrogens is 274 g/mol. The molecule has 1 unspecified atom stereocenters. The summed E-state index contributed by atoms with van der Waals surface area (Å²) in [6.45, 7) is 4.52. The van der Waals surface area contributed by atoms with Crippen LogP contribution in [-0.2, 0) is 6.42 Å². The van der Waals surface area contributed by atoms with Crippen molar-refractivity contribution in [2.24, 2.45) is 5.92 Å². The summed E-state index contributed by atoms with van der Waals surface area (Å²) in [5.74, 6) is 0.704. The van der Waals surface area contributed by atoms with Gasteiger partial charge >= 0.3 is 0 Å². The summed E-state index contributed by atoms with van der Waals surface area (Å²) in [5, 5.41) is 3.43. The Balaban J connectivity index is 2.19. The van der Waals surface area contributed by atoms with E-state index < -0.39 is 0 Å². The van der Waals surface area contributed by atoms with Crippen LogP contribution in [-0.4, -0.2) is 13.3 Å². The Morgan fingerprint density at radius 2 is 1.43 bits per heavy atom. The van der Waals surface area contributed by atoms with Gasteiger partial charge in [-0.25, -0.2) is 0 Å².